The van der Waals surface area contributed by atoms with Crippen LogP contribution in [0.15, 0.2) is 70.6 Å². The summed E-state index contributed by atoms with van der Waals surface area (Å²) in [5.74, 6) is 0.870. The average Bonchev–Trinajstić information content (AvgIpc) is 3.04. The Kier molecular flexibility index (Phi) is 6.41. The third-order valence-electron chi connectivity index (χ3n) is 3.54. The molecule has 0 spiro atoms. The number of hydrogen-bond donors (Lipinski definition) is 1. The van der Waals surface area contributed by atoms with Crippen molar-refractivity contribution in [1.82, 2.24) is 19.7 Å². The monoisotopic (exact) mass is 443 g/mol. The summed E-state index contributed by atoms with van der Waals surface area (Å²) >= 11 is 4.72. The number of amides is 1. The number of pyridine rings is 1. The Bertz CT molecular complexity index is 940. The summed E-state index contributed by atoms with van der Waals surface area (Å²) in [5, 5.41) is 12.1. The number of anilines is 1. The van der Waals surface area contributed by atoms with Crippen LogP contribution in [0.25, 0.3) is 11.4 Å². The summed E-state index contributed by atoms with van der Waals surface area (Å²) in [5.41, 5.74) is 2.65. The van der Waals surface area contributed by atoms with Crippen molar-refractivity contribution in [2.24, 2.45) is 0 Å². The molecule has 27 heavy (non-hydrogen) atoms. The van der Waals surface area contributed by atoms with E-state index < -0.39 is 0 Å². The first-order valence-electron chi connectivity index (χ1n) is 8.19. The molecule has 138 valence electrons. The molecule has 1 N–H and O–H groups in total. The number of nitrogens with one attached hydrogen (secondary N) is 1. The standard InChI is InChI=1S/C19H18BrN5OS/c1-13(2)11-25-18(14-7-9-21-10-8-14)23-24-19(25)27-12-17(26)22-16-5-3-15(20)4-6-16/h3-10H,1,11-12H2,2H3,(H,22,26). The van der Waals surface area contributed by atoms with Crippen LogP contribution in [0.2, 0.25) is 0 Å². The molecule has 0 radical (unpaired) electrons. The van der Waals surface area contributed by atoms with Crippen LogP contribution in [0.4, 0.5) is 5.69 Å². The van der Waals surface area contributed by atoms with Crippen LogP contribution < -0.4 is 5.32 Å². The minimum atomic E-state index is -0.0994. The number of carbonyl (C=O) groups is 1. The lowest BCUT2D eigenvalue weighted by atomic mass is 10.2. The van der Waals surface area contributed by atoms with Crippen molar-refractivity contribution in [3.63, 3.8) is 0 Å². The van der Waals surface area contributed by atoms with Gasteiger partial charge in [0.15, 0.2) is 11.0 Å². The molecule has 0 aliphatic rings. The highest BCUT2D eigenvalue weighted by Crippen LogP contribution is 2.25. The summed E-state index contributed by atoms with van der Waals surface area (Å²) in [6.45, 7) is 6.52. The van der Waals surface area contributed by atoms with Crippen LogP contribution in [0.5, 0.6) is 0 Å². The molecule has 6 nitrogen and oxygen atoms in total. The highest BCUT2D eigenvalue weighted by molar-refractivity contribution is 9.10. The van der Waals surface area contributed by atoms with Crippen molar-refractivity contribution >= 4 is 39.3 Å². The highest BCUT2D eigenvalue weighted by Gasteiger charge is 2.15. The van der Waals surface area contributed by atoms with Gasteiger partial charge in [0.05, 0.1) is 5.75 Å². The fourth-order valence-corrected chi connectivity index (χ4v) is 3.38. The van der Waals surface area contributed by atoms with Crippen LogP contribution in [-0.2, 0) is 11.3 Å². The predicted octanol–water partition coefficient (Wildman–Crippen LogP) is 4.41. The van der Waals surface area contributed by atoms with E-state index in [0.717, 1.165) is 27.1 Å². The number of halogens is 1. The van der Waals surface area contributed by atoms with Crippen molar-refractivity contribution in [2.45, 2.75) is 18.6 Å². The zero-order valence-electron chi connectivity index (χ0n) is 14.7. The number of nitrogens with zero attached hydrogens (tertiary/aromatic N) is 4. The van der Waals surface area contributed by atoms with Crippen molar-refractivity contribution in [1.29, 1.82) is 0 Å². The van der Waals surface area contributed by atoms with Gasteiger partial charge in [-0.25, -0.2) is 0 Å². The molecule has 0 atom stereocenters. The van der Waals surface area contributed by atoms with Crippen molar-refractivity contribution in [3.05, 3.63) is 65.4 Å². The number of hydrogen-bond acceptors (Lipinski definition) is 5. The van der Waals surface area contributed by atoms with Gasteiger partial charge in [-0.3, -0.25) is 14.3 Å². The van der Waals surface area contributed by atoms with Crippen molar-refractivity contribution in [2.75, 3.05) is 11.1 Å². The van der Waals surface area contributed by atoms with E-state index in [1.165, 1.54) is 11.8 Å². The minimum Gasteiger partial charge on any atom is -0.325 e. The molecule has 2 heterocycles. The van der Waals surface area contributed by atoms with Crippen LogP contribution >= 0.6 is 27.7 Å². The van der Waals surface area contributed by atoms with Crippen molar-refractivity contribution in [3.8, 4) is 11.4 Å². The molecule has 0 saturated carbocycles. The van der Waals surface area contributed by atoms with E-state index in [9.17, 15) is 4.79 Å². The zero-order valence-corrected chi connectivity index (χ0v) is 17.1. The van der Waals surface area contributed by atoms with Gasteiger partial charge in [0.25, 0.3) is 0 Å². The van der Waals surface area contributed by atoms with Gasteiger partial charge in [0, 0.05) is 34.7 Å². The number of aromatic nitrogens is 4. The molecule has 3 aromatic rings. The van der Waals surface area contributed by atoms with E-state index in [-0.39, 0.29) is 11.7 Å². The van der Waals surface area contributed by atoms with Crippen LogP contribution in [-0.4, -0.2) is 31.4 Å². The second-order valence-electron chi connectivity index (χ2n) is 5.93. The second kappa shape index (κ2) is 8.96. The molecule has 0 aliphatic carbocycles. The number of benzene rings is 1. The molecule has 0 fully saturated rings. The third-order valence-corrected chi connectivity index (χ3v) is 5.04. The van der Waals surface area contributed by atoms with E-state index >= 15 is 0 Å². The van der Waals surface area contributed by atoms with E-state index in [4.69, 9.17) is 0 Å². The van der Waals surface area contributed by atoms with Gasteiger partial charge in [0.1, 0.15) is 0 Å². The Balaban J connectivity index is 1.72. The van der Waals surface area contributed by atoms with E-state index in [2.05, 4.69) is 43.0 Å². The summed E-state index contributed by atoms with van der Waals surface area (Å²) in [7, 11) is 0. The normalized spacial score (nSPS) is 10.6. The third kappa shape index (κ3) is 5.27. The van der Waals surface area contributed by atoms with Crippen LogP contribution in [0.1, 0.15) is 6.92 Å². The maximum atomic E-state index is 12.3. The first-order chi connectivity index (χ1) is 13.0. The fourth-order valence-electron chi connectivity index (χ4n) is 2.38. The first kappa shape index (κ1) is 19.3. The maximum Gasteiger partial charge on any atom is 0.234 e. The molecule has 3 rings (SSSR count). The quantitative estimate of drug-likeness (QED) is 0.432. The Morgan fingerprint density at radius 1 is 1.19 bits per heavy atom. The lowest BCUT2D eigenvalue weighted by molar-refractivity contribution is -0.113. The average molecular weight is 444 g/mol. The topological polar surface area (TPSA) is 72.7 Å². The maximum absolute atomic E-state index is 12.3. The van der Waals surface area contributed by atoms with Gasteiger partial charge in [-0.1, -0.05) is 39.8 Å². The molecule has 1 aromatic carbocycles. The summed E-state index contributed by atoms with van der Waals surface area (Å²) in [4.78, 5) is 16.3. The Labute approximate surface area is 170 Å². The van der Waals surface area contributed by atoms with Gasteiger partial charge < -0.3 is 5.32 Å². The summed E-state index contributed by atoms with van der Waals surface area (Å²) in [6.07, 6.45) is 3.43. The Morgan fingerprint density at radius 2 is 1.89 bits per heavy atom. The van der Waals surface area contributed by atoms with E-state index in [1.54, 1.807) is 12.4 Å². The molecule has 0 saturated heterocycles. The van der Waals surface area contributed by atoms with E-state index in [0.29, 0.717) is 11.7 Å². The second-order valence-corrected chi connectivity index (χ2v) is 7.79. The number of thioether (sulfide) groups is 1. The zero-order chi connectivity index (χ0) is 19.2. The molecular weight excluding hydrogens is 426 g/mol. The lowest BCUT2D eigenvalue weighted by Crippen LogP contribution is -2.14. The molecular formula is C19H18BrN5OS. The number of allylic oxidation sites excluding steroid dienone is 1. The summed E-state index contributed by atoms with van der Waals surface area (Å²) in [6, 6.07) is 11.2. The molecule has 0 unspecified atom stereocenters. The van der Waals surface area contributed by atoms with Gasteiger partial charge in [-0.2, -0.15) is 0 Å². The van der Waals surface area contributed by atoms with Gasteiger partial charge in [-0.05, 0) is 43.3 Å². The van der Waals surface area contributed by atoms with Gasteiger partial charge in [0.2, 0.25) is 5.91 Å². The van der Waals surface area contributed by atoms with Gasteiger partial charge >= 0.3 is 0 Å². The molecule has 0 aliphatic heterocycles. The minimum absolute atomic E-state index is 0.0994. The van der Waals surface area contributed by atoms with Crippen LogP contribution in [0.3, 0.4) is 0 Å². The lowest BCUT2D eigenvalue weighted by Gasteiger charge is -2.10. The number of rotatable bonds is 7. The Morgan fingerprint density at radius 3 is 2.56 bits per heavy atom. The predicted molar refractivity (Wildman–Crippen MR) is 112 cm³/mol. The van der Waals surface area contributed by atoms with Gasteiger partial charge in [-0.15, -0.1) is 10.2 Å². The SMILES string of the molecule is C=C(C)Cn1c(SCC(=O)Nc2ccc(Br)cc2)nnc1-c1ccncc1. The number of carbonyl (C=O) groups excluding carboxylic acids is 1. The smallest absolute Gasteiger partial charge is 0.234 e. The van der Waals surface area contributed by atoms with E-state index in [1.807, 2.05) is 47.9 Å². The summed E-state index contributed by atoms with van der Waals surface area (Å²) < 4.78 is 2.93. The first-order valence-corrected chi connectivity index (χ1v) is 9.97. The highest BCUT2D eigenvalue weighted by atomic mass is 79.9. The fraction of sp³-hybridized carbons (Fsp3) is 0.158. The molecule has 2 aromatic heterocycles. The largest absolute Gasteiger partial charge is 0.325 e. The van der Waals surface area contributed by atoms with Crippen molar-refractivity contribution < 1.29 is 4.79 Å². The molecule has 8 heteroatoms. The molecule has 1 amide bonds. The van der Waals surface area contributed by atoms with Crippen LogP contribution in [0, 0.1) is 0 Å². The Hall–Kier alpha value is -2.45. The molecule has 0 bridgehead atoms.